The summed E-state index contributed by atoms with van der Waals surface area (Å²) in [5, 5.41) is 18.4. The topological polar surface area (TPSA) is 111 Å². The lowest BCUT2D eigenvalue weighted by Gasteiger charge is -2.05. The monoisotopic (exact) mass is 440 g/mol. The minimum absolute atomic E-state index is 0.281. The summed E-state index contributed by atoms with van der Waals surface area (Å²) >= 11 is 0. The van der Waals surface area contributed by atoms with Crippen LogP contribution in [0.5, 0.6) is 0 Å². The number of benzene rings is 1. The standard InChI is InChI=1S/C24H28N2O6/c1-15(27)5-7-17(3)29-11-9-23-25-19-13-22-20(14-21(19)31-23)26-24(32-22)10-12-30-18(4)8-6-16(2)28/h13-18,27-28H,9-12H2,1-4H3. The first kappa shape index (κ1) is 23.8. The molecule has 0 aliphatic rings. The van der Waals surface area contributed by atoms with Crippen molar-refractivity contribution in [3.05, 3.63) is 23.9 Å². The number of ether oxygens (including phenoxy) is 2. The first-order chi connectivity index (χ1) is 15.3. The maximum atomic E-state index is 9.18. The van der Waals surface area contributed by atoms with Crippen molar-refractivity contribution in [2.24, 2.45) is 0 Å². The van der Waals surface area contributed by atoms with E-state index >= 15 is 0 Å². The van der Waals surface area contributed by atoms with Crippen molar-refractivity contribution in [3.63, 3.8) is 0 Å². The summed E-state index contributed by atoms with van der Waals surface area (Å²) in [4.78, 5) is 8.98. The molecule has 0 fully saturated rings. The van der Waals surface area contributed by atoms with Gasteiger partial charge in [0.25, 0.3) is 0 Å². The molecule has 0 saturated heterocycles. The van der Waals surface area contributed by atoms with Crippen LogP contribution in [0.2, 0.25) is 0 Å². The fourth-order valence-electron chi connectivity index (χ4n) is 2.86. The van der Waals surface area contributed by atoms with Gasteiger partial charge in [-0.3, -0.25) is 0 Å². The van der Waals surface area contributed by atoms with Crippen LogP contribution in [-0.4, -0.2) is 57.8 Å². The van der Waals surface area contributed by atoms with E-state index < -0.39 is 12.2 Å². The van der Waals surface area contributed by atoms with Gasteiger partial charge in [-0.25, -0.2) is 9.97 Å². The van der Waals surface area contributed by atoms with Crippen LogP contribution in [0.1, 0.15) is 39.5 Å². The van der Waals surface area contributed by atoms with Gasteiger partial charge < -0.3 is 28.5 Å². The predicted molar refractivity (Wildman–Crippen MR) is 119 cm³/mol. The second kappa shape index (κ2) is 11.1. The van der Waals surface area contributed by atoms with Crippen molar-refractivity contribution in [1.82, 2.24) is 9.97 Å². The summed E-state index contributed by atoms with van der Waals surface area (Å²) in [5.41, 5.74) is 2.64. The Balaban J connectivity index is 1.56. The first-order valence-electron chi connectivity index (χ1n) is 10.6. The van der Waals surface area contributed by atoms with Gasteiger partial charge in [0.05, 0.1) is 13.2 Å². The molecule has 0 saturated carbocycles. The fraction of sp³-hybridized carbons (Fsp3) is 0.500. The van der Waals surface area contributed by atoms with Crippen molar-refractivity contribution in [2.75, 3.05) is 13.2 Å². The molecule has 2 N–H and O–H groups in total. The Morgan fingerprint density at radius 2 is 1.16 bits per heavy atom. The van der Waals surface area contributed by atoms with Gasteiger partial charge in [0, 0.05) is 25.0 Å². The number of aliphatic hydroxyl groups excluding tert-OH is 2. The Hall–Kier alpha value is -2.88. The Kier molecular flexibility index (Phi) is 8.26. The summed E-state index contributed by atoms with van der Waals surface area (Å²) in [6, 6.07) is 3.62. The van der Waals surface area contributed by atoms with E-state index in [0.29, 0.717) is 60.0 Å². The van der Waals surface area contributed by atoms with E-state index in [1.165, 1.54) is 0 Å². The molecule has 2 heterocycles. The number of hydrogen-bond donors (Lipinski definition) is 2. The molecule has 0 aliphatic heterocycles. The minimum Gasteiger partial charge on any atom is -0.441 e. The van der Waals surface area contributed by atoms with Gasteiger partial charge in [0.2, 0.25) is 0 Å². The Morgan fingerprint density at radius 3 is 1.53 bits per heavy atom. The van der Waals surface area contributed by atoms with E-state index in [0.717, 1.165) is 0 Å². The third-order valence-electron chi connectivity index (χ3n) is 4.34. The van der Waals surface area contributed by atoms with E-state index in [2.05, 4.69) is 33.6 Å². The smallest absolute Gasteiger partial charge is 0.197 e. The van der Waals surface area contributed by atoms with Gasteiger partial charge >= 0.3 is 0 Å². The van der Waals surface area contributed by atoms with Gasteiger partial charge in [0.15, 0.2) is 22.9 Å². The van der Waals surface area contributed by atoms with Crippen LogP contribution in [0, 0.1) is 23.7 Å². The lowest BCUT2D eigenvalue weighted by molar-refractivity contribution is 0.102. The quantitative estimate of drug-likeness (QED) is 0.514. The lowest BCUT2D eigenvalue weighted by Crippen LogP contribution is -2.09. The Bertz CT molecular complexity index is 1020. The second-order valence-corrected chi connectivity index (χ2v) is 7.46. The Morgan fingerprint density at radius 1 is 0.750 bits per heavy atom. The number of aliphatic hydroxyl groups is 2. The highest BCUT2D eigenvalue weighted by Crippen LogP contribution is 2.24. The zero-order chi connectivity index (χ0) is 23.1. The number of nitrogens with zero attached hydrogens (tertiary/aromatic N) is 2. The minimum atomic E-state index is -0.670. The normalized spacial score (nSPS) is 14.9. The highest BCUT2D eigenvalue weighted by Gasteiger charge is 2.13. The fourth-order valence-corrected chi connectivity index (χ4v) is 2.86. The van der Waals surface area contributed by atoms with E-state index in [1.807, 2.05) is 26.0 Å². The molecule has 0 aliphatic carbocycles. The van der Waals surface area contributed by atoms with Crippen molar-refractivity contribution in [1.29, 1.82) is 0 Å². The van der Waals surface area contributed by atoms with E-state index in [1.54, 1.807) is 13.8 Å². The summed E-state index contributed by atoms with van der Waals surface area (Å²) in [6.45, 7) is 7.68. The molecule has 1 aromatic carbocycles. The van der Waals surface area contributed by atoms with Crippen LogP contribution in [-0.2, 0) is 22.3 Å². The van der Waals surface area contributed by atoms with Crippen LogP contribution >= 0.6 is 0 Å². The number of fused-ring (bicyclic) bond motifs is 2. The summed E-state index contributed by atoms with van der Waals surface area (Å²) < 4.78 is 22.8. The van der Waals surface area contributed by atoms with Crippen LogP contribution in [0.3, 0.4) is 0 Å². The molecule has 4 atom stereocenters. The molecule has 170 valence electrons. The van der Waals surface area contributed by atoms with Crippen LogP contribution in [0.4, 0.5) is 0 Å². The summed E-state index contributed by atoms with van der Waals surface area (Å²) in [5.74, 6) is 12.1. The number of hydrogen-bond acceptors (Lipinski definition) is 8. The largest absolute Gasteiger partial charge is 0.441 e. The summed E-state index contributed by atoms with van der Waals surface area (Å²) in [7, 11) is 0. The van der Waals surface area contributed by atoms with Crippen LogP contribution < -0.4 is 0 Å². The first-order valence-corrected chi connectivity index (χ1v) is 10.6. The highest BCUT2D eigenvalue weighted by molar-refractivity contribution is 5.89. The third kappa shape index (κ3) is 7.08. The third-order valence-corrected chi connectivity index (χ3v) is 4.34. The molecule has 0 bridgehead atoms. The second-order valence-electron chi connectivity index (χ2n) is 7.46. The molecule has 3 aromatic rings. The van der Waals surface area contributed by atoms with Gasteiger partial charge in [0.1, 0.15) is 35.4 Å². The van der Waals surface area contributed by atoms with Gasteiger partial charge in [-0.1, -0.05) is 23.7 Å². The molecule has 8 heteroatoms. The lowest BCUT2D eigenvalue weighted by atomic mass is 10.3. The van der Waals surface area contributed by atoms with Gasteiger partial charge in [-0.05, 0) is 27.7 Å². The predicted octanol–water partition coefficient (Wildman–Crippen LogP) is 2.63. The zero-order valence-corrected chi connectivity index (χ0v) is 18.7. The zero-order valence-electron chi connectivity index (χ0n) is 18.7. The molecule has 32 heavy (non-hydrogen) atoms. The molecule has 3 rings (SSSR count). The highest BCUT2D eigenvalue weighted by atomic mass is 16.5. The van der Waals surface area contributed by atoms with Crippen molar-refractivity contribution < 1.29 is 28.5 Å². The molecule has 2 aromatic heterocycles. The van der Waals surface area contributed by atoms with Crippen LogP contribution in [0.25, 0.3) is 22.2 Å². The summed E-state index contributed by atoms with van der Waals surface area (Å²) in [6.07, 6.45) is -0.896. The molecular formula is C24H28N2O6. The van der Waals surface area contributed by atoms with Crippen molar-refractivity contribution >= 4 is 22.2 Å². The van der Waals surface area contributed by atoms with Crippen molar-refractivity contribution in [2.45, 2.75) is 65.0 Å². The maximum Gasteiger partial charge on any atom is 0.197 e. The van der Waals surface area contributed by atoms with Crippen molar-refractivity contribution in [3.8, 4) is 23.7 Å². The SMILES string of the molecule is CC(O)C#CC(C)OCCc1nc2cc3oc(CCOC(C)C#CC(C)O)nc3cc2o1. The van der Waals surface area contributed by atoms with Crippen LogP contribution in [0.15, 0.2) is 21.0 Å². The van der Waals surface area contributed by atoms with E-state index in [9.17, 15) is 10.2 Å². The van der Waals surface area contributed by atoms with Gasteiger partial charge in [-0.15, -0.1) is 0 Å². The maximum absolute atomic E-state index is 9.18. The molecule has 8 nitrogen and oxygen atoms in total. The van der Waals surface area contributed by atoms with E-state index in [-0.39, 0.29) is 12.2 Å². The molecular weight excluding hydrogens is 412 g/mol. The molecule has 0 spiro atoms. The Labute approximate surface area is 186 Å². The van der Waals surface area contributed by atoms with E-state index in [4.69, 9.17) is 18.3 Å². The average molecular weight is 440 g/mol. The molecule has 4 unspecified atom stereocenters. The number of aromatic nitrogens is 2. The molecule has 0 radical (unpaired) electrons. The molecule has 0 amide bonds. The number of oxazole rings is 2. The average Bonchev–Trinajstić information content (AvgIpc) is 3.30. The number of rotatable bonds is 8. The van der Waals surface area contributed by atoms with Gasteiger partial charge in [-0.2, -0.15) is 0 Å².